The lowest BCUT2D eigenvalue weighted by molar-refractivity contribution is 0.139. The molecule has 1 saturated heterocycles. The molecule has 0 spiro atoms. The van der Waals surface area contributed by atoms with Crippen LogP contribution in [-0.2, 0) is 6.54 Å². The summed E-state index contributed by atoms with van der Waals surface area (Å²) < 4.78 is 5.35. The summed E-state index contributed by atoms with van der Waals surface area (Å²) in [6.45, 7) is 12.7. The van der Waals surface area contributed by atoms with E-state index in [1.165, 1.54) is 25.9 Å². The Balaban J connectivity index is 0.00000312. The van der Waals surface area contributed by atoms with E-state index in [2.05, 4.69) is 53.4 Å². The highest BCUT2D eigenvalue weighted by molar-refractivity contribution is 14.0. The number of likely N-dealkylation sites (tertiary alicyclic amines) is 1. The Labute approximate surface area is 169 Å². The summed E-state index contributed by atoms with van der Waals surface area (Å²) in [4.78, 5) is 6.86. The van der Waals surface area contributed by atoms with Gasteiger partial charge in [-0.3, -0.25) is 9.89 Å². The average molecular weight is 463 g/mol. The van der Waals surface area contributed by atoms with Crippen molar-refractivity contribution in [2.24, 2.45) is 10.9 Å². The van der Waals surface area contributed by atoms with Crippen LogP contribution in [0.25, 0.3) is 0 Å². The van der Waals surface area contributed by atoms with E-state index in [-0.39, 0.29) is 24.0 Å². The number of hydrogen-bond acceptors (Lipinski definition) is 4. The molecular formula is C18H34IN5O. The highest BCUT2D eigenvalue weighted by Crippen LogP contribution is 2.17. The number of nitrogens with zero attached hydrogens (tertiary/aromatic N) is 3. The lowest BCUT2D eigenvalue weighted by atomic mass is 9.99. The Kier molecular flexibility index (Phi) is 9.78. The Bertz CT molecular complexity index is 531. The van der Waals surface area contributed by atoms with Crippen molar-refractivity contribution in [2.45, 2.75) is 59.0 Å². The summed E-state index contributed by atoms with van der Waals surface area (Å²) in [5.74, 6) is 2.82. The molecule has 1 fully saturated rings. The van der Waals surface area contributed by atoms with Gasteiger partial charge in [-0.1, -0.05) is 25.9 Å². The molecule has 0 amide bonds. The fourth-order valence-electron chi connectivity index (χ4n) is 3.08. The first-order valence-electron chi connectivity index (χ1n) is 9.13. The summed E-state index contributed by atoms with van der Waals surface area (Å²) in [5.41, 5.74) is 0.989. The average Bonchev–Trinajstić information content (AvgIpc) is 3.04. The molecule has 0 aromatic carbocycles. The maximum Gasteiger partial charge on any atom is 0.191 e. The lowest BCUT2D eigenvalue weighted by Crippen LogP contribution is -2.48. The predicted molar refractivity (Wildman–Crippen MR) is 114 cm³/mol. The fourth-order valence-corrected chi connectivity index (χ4v) is 3.08. The number of hydrogen-bond donors (Lipinski definition) is 2. The molecule has 1 aliphatic heterocycles. The molecule has 0 radical (unpaired) electrons. The van der Waals surface area contributed by atoms with Crippen molar-refractivity contribution in [1.29, 1.82) is 0 Å². The van der Waals surface area contributed by atoms with Crippen molar-refractivity contribution in [1.82, 2.24) is 20.7 Å². The predicted octanol–water partition coefficient (Wildman–Crippen LogP) is 3.20. The molecule has 2 atom stereocenters. The SMILES string of the molecule is CN=C(NCc1cc(C(C)C)no1)NCC(C)N1CCCC(C)C1.I. The Morgan fingerprint density at radius 3 is 2.76 bits per heavy atom. The van der Waals surface area contributed by atoms with Gasteiger partial charge in [-0.2, -0.15) is 0 Å². The standard InChI is InChI=1S/C18H33N5O.HI/c1-13(2)17-9-16(24-22-17)11-21-18(19-5)20-10-15(4)23-8-6-7-14(3)12-23;/h9,13-15H,6-8,10-12H2,1-5H3,(H2,19,20,21);1H. The number of piperidine rings is 1. The Morgan fingerprint density at radius 1 is 1.40 bits per heavy atom. The van der Waals surface area contributed by atoms with Gasteiger partial charge >= 0.3 is 0 Å². The zero-order valence-electron chi connectivity index (χ0n) is 16.2. The molecule has 1 aromatic heterocycles. The van der Waals surface area contributed by atoms with Crippen molar-refractivity contribution in [3.8, 4) is 0 Å². The molecule has 0 aliphatic carbocycles. The van der Waals surface area contributed by atoms with Crippen LogP contribution in [0.1, 0.15) is 57.9 Å². The minimum absolute atomic E-state index is 0. The maximum atomic E-state index is 5.35. The van der Waals surface area contributed by atoms with Gasteiger partial charge < -0.3 is 15.2 Å². The van der Waals surface area contributed by atoms with Crippen LogP contribution in [0.2, 0.25) is 0 Å². The summed E-state index contributed by atoms with van der Waals surface area (Å²) in [6, 6.07) is 2.51. The molecule has 6 nitrogen and oxygen atoms in total. The Hall–Kier alpha value is -0.830. The molecule has 2 heterocycles. The first-order valence-corrected chi connectivity index (χ1v) is 9.13. The summed E-state index contributed by atoms with van der Waals surface area (Å²) in [5, 5.41) is 10.8. The van der Waals surface area contributed by atoms with E-state index in [9.17, 15) is 0 Å². The van der Waals surface area contributed by atoms with Crippen LogP contribution >= 0.6 is 24.0 Å². The number of guanidine groups is 1. The fraction of sp³-hybridized carbons (Fsp3) is 0.778. The third kappa shape index (κ3) is 7.13. The molecule has 2 unspecified atom stereocenters. The van der Waals surface area contributed by atoms with Gasteiger partial charge in [-0.25, -0.2) is 0 Å². The monoisotopic (exact) mass is 463 g/mol. The third-order valence-corrected chi connectivity index (χ3v) is 4.70. The quantitative estimate of drug-likeness (QED) is 0.386. The van der Waals surface area contributed by atoms with Crippen LogP contribution in [0.5, 0.6) is 0 Å². The van der Waals surface area contributed by atoms with Crippen molar-refractivity contribution >= 4 is 29.9 Å². The van der Waals surface area contributed by atoms with Crippen LogP contribution in [0.4, 0.5) is 0 Å². The van der Waals surface area contributed by atoms with E-state index in [4.69, 9.17) is 4.52 Å². The molecule has 0 bridgehead atoms. The highest BCUT2D eigenvalue weighted by atomic mass is 127. The first-order chi connectivity index (χ1) is 11.5. The van der Waals surface area contributed by atoms with Crippen LogP contribution in [-0.4, -0.2) is 48.7 Å². The first kappa shape index (κ1) is 22.2. The topological polar surface area (TPSA) is 65.7 Å². The second kappa shape index (κ2) is 11.0. The number of aliphatic imine (C=N–C) groups is 1. The molecule has 2 N–H and O–H groups in total. The minimum atomic E-state index is 0. The Morgan fingerprint density at radius 2 is 2.16 bits per heavy atom. The van der Waals surface area contributed by atoms with Gasteiger partial charge in [0.1, 0.15) is 0 Å². The van der Waals surface area contributed by atoms with Gasteiger partial charge in [0, 0.05) is 32.2 Å². The van der Waals surface area contributed by atoms with Gasteiger partial charge in [0.2, 0.25) is 0 Å². The molecule has 2 rings (SSSR count). The summed E-state index contributed by atoms with van der Waals surface area (Å²) in [7, 11) is 1.79. The van der Waals surface area contributed by atoms with Crippen molar-refractivity contribution in [3.63, 3.8) is 0 Å². The normalized spacial score (nSPS) is 20.2. The largest absolute Gasteiger partial charge is 0.359 e. The molecule has 1 aliphatic rings. The van der Waals surface area contributed by atoms with Crippen LogP contribution in [0.3, 0.4) is 0 Å². The lowest BCUT2D eigenvalue weighted by Gasteiger charge is -2.35. The maximum absolute atomic E-state index is 5.35. The van der Waals surface area contributed by atoms with Crippen molar-refractivity contribution < 1.29 is 4.52 Å². The van der Waals surface area contributed by atoms with Crippen LogP contribution < -0.4 is 10.6 Å². The second-order valence-corrected chi connectivity index (χ2v) is 7.27. The number of aromatic nitrogens is 1. The van der Waals surface area contributed by atoms with E-state index < -0.39 is 0 Å². The van der Waals surface area contributed by atoms with Gasteiger partial charge in [0.15, 0.2) is 11.7 Å². The van der Waals surface area contributed by atoms with E-state index in [1.807, 2.05) is 6.07 Å². The van der Waals surface area contributed by atoms with Gasteiger partial charge in [-0.15, -0.1) is 24.0 Å². The van der Waals surface area contributed by atoms with Crippen molar-refractivity contribution in [2.75, 3.05) is 26.7 Å². The van der Waals surface area contributed by atoms with Crippen molar-refractivity contribution in [3.05, 3.63) is 17.5 Å². The second-order valence-electron chi connectivity index (χ2n) is 7.27. The zero-order valence-corrected chi connectivity index (χ0v) is 18.5. The minimum Gasteiger partial charge on any atom is -0.359 e. The number of nitrogens with one attached hydrogen (secondary N) is 2. The molecule has 1 aromatic rings. The third-order valence-electron chi connectivity index (χ3n) is 4.70. The number of rotatable bonds is 6. The highest BCUT2D eigenvalue weighted by Gasteiger charge is 2.20. The molecule has 144 valence electrons. The van der Waals surface area contributed by atoms with Gasteiger partial charge in [0.25, 0.3) is 0 Å². The molecule has 7 heteroatoms. The van der Waals surface area contributed by atoms with E-state index in [0.717, 1.165) is 29.9 Å². The molecule has 0 saturated carbocycles. The number of halogens is 1. The van der Waals surface area contributed by atoms with Gasteiger partial charge in [0.05, 0.1) is 12.2 Å². The van der Waals surface area contributed by atoms with E-state index in [1.54, 1.807) is 7.05 Å². The zero-order chi connectivity index (χ0) is 17.5. The van der Waals surface area contributed by atoms with Crippen LogP contribution in [0, 0.1) is 5.92 Å². The molecular weight excluding hydrogens is 429 g/mol. The molecule has 25 heavy (non-hydrogen) atoms. The van der Waals surface area contributed by atoms with E-state index >= 15 is 0 Å². The van der Waals surface area contributed by atoms with Gasteiger partial charge in [-0.05, 0) is 38.1 Å². The van der Waals surface area contributed by atoms with E-state index in [0.29, 0.717) is 18.5 Å². The smallest absolute Gasteiger partial charge is 0.191 e. The summed E-state index contributed by atoms with van der Waals surface area (Å²) >= 11 is 0. The summed E-state index contributed by atoms with van der Waals surface area (Å²) in [6.07, 6.45) is 2.66. The van der Waals surface area contributed by atoms with Crippen LogP contribution in [0.15, 0.2) is 15.6 Å².